The van der Waals surface area contributed by atoms with Crippen molar-refractivity contribution < 1.29 is 4.74 Å². The van der Waals surface area contributed by atoms with Gasteiger partial charge in [0.1, 0.15) is 0 Å². The number of fused-ring (bicyclic) bond motifs is 3. The molecule has 5 aromatic rings. The first-order chi connectivity index (χ1) is 14.9. The summed E-state index contributed by atoms with van der Waals surface area (Å²) in [6.45, 7) is 0. The second-order valence-corrected chi connectivity index (χ2v) is 8.33. The van der Waals surface area contributed by atoms with Crippen LogP contribution in [-0.2, 0) is 4.74 Å². The largest absolute Gasteiger partial charge is 0.446 e. The van der Waals surface area contributed by atoms with Gasteiger partial charge in [0.25, 0.3) is 0 Å². The van der Waals surface area contributed by atoms with Crippen molar-refractivity contribution in [3.63, 3.8) is 0 Å². The average molecular weight is 407 g/mol. The number of nitrogens with zero attached hydrogens (tertiary/aromatic N) is 2. The number of rotatable bonds is 3. The molecule has 1 aliphatic heterocycles. The average Bonchev–Trinajstić information content (AvgIpc) is 3.42. The Hall–Kier alpha value is -3.63. The second kappa shape index (κ2) is 7.01. The first kappa shape index (κ1) is 17.2. The van der Waals surface area contributed by atoms with Gasteiger partial charge in [0, 0.05) is 31.3 Å². The van der Waals surface area contributed by atoms with Crippen molar-refractivity contribution in [1.29, 1.82) is 0 Å². The molecular weight excluding hydrogens is 388 g/mol. The third kappa shape index (κ3) is 2.77. The normalized spacial score (nSPS) is 16.1. The van der Waals surface area contributed by atoms with E-state index in [2.05, 4.69) is 54.6 Å². The zero-order valence-electron chi connectivity index (χ0n) is 16.1. The Morgan fingerprint density at radius 1 is 0.700 bits per heavy atom. The van der Waals surface area contributed by atoms with Gasteiger partial charge in [0.05, 0.1) is 5.69 Å². The Labute approximate surface area is 178 Å². The summed E-state index contributed by atoms with van der Waals surface area (Å²) in [5, 5.41) is 9.46. The Morgan fingerprint density at radius 2 is 1.40 bits per heavy atom. The minimum absolute atomic E-state index is 0.314. The molecule has 1 aromatic heterocycles. The zero-order valence-corrected chi connectivity index (χ0v) is 16.9. The standard InChI is InChI=1S/C26H18N2OS/c1-3-10-18(11-4-1)25-27-28(26(29-25)19-12-5-2-6-13-19)21-15-9-17-23-24(21)20-14-7-8-16-22(20)30-23/h1-17,26H. The molecule has 4 heteroatoms. The van der Waals surface area contributed by atoms with E-state index in [-0.39, 0.29) is 6.23 Å². The first-order valence-electron chi connectivity index (χ1n) is 9.93. The van der Waals surface area contributed by atoms with Crippen molar-refractivity contribution in [2.45, 2.75) is 6.23 Å². The molecular formula is C26H18N2OS. The fourth-order valence-corrected chi connectivity index (χ4v) is 5.12. The van der Waals surface area contributed by atoms with Crippen LogP contribution in [0, 0.1) is 0 Å². The molecule has 0 bridgehead atoms. The van der Waals surface area contributed by atoms with Gasteiger partial charge in [-0.1, -0.05) is 72.8 Å². The van der Waals surface area contributed by atoms with Crippen LogP contribution in [0.4, 0.5) is 5.69 Å². The molecule has 0 amide bonds. The van der Waals surface area contributed by atoms with Gasteiger partial charge in [-0.2, -0.15) is 0 Å². The molecule has 0 fully saturated rings. The summed E-state index contributed by atoms with van der Waals surface area (Å²) >= 11 is 1.81. The summed E-state index contributed by atoms with van der Waals surface area (Å²) < 4.78 is 8.95. The molecule has 0 radical (unpaired) electrons. The van der Waals surface area contributed by atoms with Crippen molar-refractivity contribution in [1.82, 2.24) is 0 Å². The number of hydrogen-bond donors (Lipinski definition) is 0. The van der Waals surface area contributed by atoms with Gasteiger partial charge in [0.2, 0.25) is 12.1 Å². The van der Waals surface area contributed by atoms with Crippen molar-refractivity contribution in [2.24, 2.45) is 5.10 Å². The van der Waals surface area contributed by atoms with Crippen LogP contribution in [0.2, 0.25) is 0 Å². The summed E-state index contributed by atoms with van der Waals surface area (Å²) in [6, 6.07) is 35.3. The van der Waals surface area contributed by atoms with Gasteiger partial charge in [-0.15, -0.1) is 16.4 Å². The molecule has 0 saturated carbocycles. The van der Waals surface area contributed by atoms with Crippen LogP contribution in [-0.4, -0.2) is 5.90 Å². The number of hydrazone groups is 1. The fraction of sp³-hybridized carbons (Fsp3) is 0.0385. The van der Waals surface area contributed by atoms with Crippen LogP contribution >= 0.6 is 11.3 Å². The van der Waals surface area contributed by atoms with E-state index >= 15 is 0 Å². The van der Waals surface area contributed by atoms with Gasteiger partial charge in [0.15, 0.2) is 0 Å². The van der Waals surface area contributed by atoms with Crippen molar-refractivity contribution >= 4 is 43.1 Å². The Balaban J connectivity index is 1.57. The van der Waals surface area contributed by atoms with Crippen molar-refractivity contribution in [3.05, 3.63) is 114 Å². The van der Waals surface area contributed by atoms with E-state index in [1.165, 1.54) is 20.2 Å². The lowest BCUT2D eigenvalue weighted by atomic mass is 10.1. The fourth-order valence-electron chi connectivity index (χ4n) is 3.99. The van der Waals surface area contributed by atoms with Crippen LogP contribution in [0.3, 0.4) is 0 Å². The molecule has 1 atom stereocenters. The lowest BCUT2D eigenvalue weighted by Gasteiger charge is -2.23. The number of ether oxygens (including phenoxy) is 1. The third-order valence-corrected chi connectivity index (χ3v) is 6.51. The van der Waals surface area contributed by atoms with E-state index < -0.39 is 0 Å². The molecule has 0 N–H and O–H groups in total. The number of hydrogen-bond acceptors (Lipinski definition) is 4. The number of thiophene rings is 1. The van der Waals surface area contributed by atoms with Gasteiger partial charge < -0.3 is 4.74 Å². The Kier molecular flexibility index (Phi) is 4.03. The summed E-state index contributed by atoms with van der Waals surface area (Å²) in [7, 11) is 0. The van der Waals surface area contributed by atoms with Gasteiger partial charge in [-0.05, 0) is 30.3 Å². The topological polar surface area (TPSA) is 24.8 Å². The molecule has 2 heterocycles. The highest BCUT2D eigenvalue weighted by molar-refractivity contribution is 7.25. The van der Waals surface area contributed by atoms with E-state index in [4.69, 9.17) is 9.84 Å². The van der Waals surface area contributed by atoms with Crippen LogP contribution in [0.1, 0.15) is 17.4 Å². The van der Waals surface area contributed by atoms with Crippen LogP contribution < -0.4 is 5.01 Å². The maximum atomic E-state index is 6.42. The van der Waals surface area contributed by atoms with Crippen molar-refractivity contribution in [3.8, 4) is 0 Å². The quantitative estimate of drug-likeness (QED) is 0.324. The molecule has 0 spiro atoms. The van der Waals surface area contributed by atoms with E-state index in [1.54, 1.807) is 0 Å². The number of anilines is 1. The van der Waals surface area contributed by atoms with Gasteiger partial charge in [-0.3, -0.25) is 0 Å². The van der Waals surface area contributed by atoms with E-state index in [0.717, 1.165) is 16.8 Å². The summed E-state index contributed by atoms with van der Waals surface area (Å²) in [5.74, 6) is 0.640. The van der Waals surface area contributed by atoms with Crippen molar-refractivity contribution in [2.75, 3.05) is 5.01 Å². The SMILES string of the molecule is c1ccc(C2=NN(c3cccc4sc5ccccc5c34)C(c3ccccc3)O2)cc1. The predicted molar refractivity (Wildman–Crippen MR) is 125 cm³/mol. The smallest absolute Gasteiger partial charge is 0.241 e. The highest BCUT2D eigenvalue weighted by Gasteiger charge is 2.32. The second-order valence-electron chi connectivity index (χ2n) is 7.25. The Bertz CT molecular complexity index is 1380. The predicted octanol–water partition coefficient (Wildman–Crippen LogP) is 6.95. The molecule has 4 aromatic carbocycles. The molecule has 1 aliphatic rings. The first-order valence-corrected chi connectivity index (χ1v) is 10.8. The summed E-state index contributed by atoms with van der Waals surface area (Å²) in [4.78, 5) is 0. The minimum atomic E-state index is -0.314. The summed E-state index contributed by atoms with van der Waals surface area (Å²) in [6.07, 6.45) is -0.314. The molecule has 30 heavy (non-hydrogen) atoms. The molecule has 0 saturated heterocycles. The maximum absolute atomic E-state index is 6.42. The monoisotopic (exact) mass is 406 g/mol. The van der Waals surface area contributed by atoms with Gasteiger partial charge in [-0.25, -0.2) is 5.01 Å². The molecule has 144 valence electrons. The third-order valence-electron chi connectivity index (χ3n) is 5.38. The Morgan fingerprint density at radius 3 is 2.23 bits per heavy atom. The summed E-state index contributed by atoms with van der Waals surface area (Å²) in [5.41, 5.74) is 3.11. The van der Waals surface area contributed by atoms with Crippen LogP contribution in [0.25, 0.3) is 20.2 Å². The van der Waals surface area contributed by atoms with E-state index in [9.17, 15) is 0 Å². The lowest BCUT2D eigenvalue weighted by Crippen LogP contribution is -2.20. The maximum Gasteiger partial charge on any atom is 0.241 e. The zero-order chi connectivity index (χ0) is 19.9. The van der Waals surface area contributed by atoms with Gasteiger partial charge >= 0.3 is 0 Å². The van der Waals surface area contributed by atoms with E-state index in [0.29, 0.717) is 5.90 Å². The van der Waals surface area contributed by atoms with Crippen LogP contribution in [0.5, 0.6) is 0 Å². The minimum Gasteiger partial charge on any atom is -0.446 e. The van der Waals surface area contributed by atoms with E-state index in [1.807, 2.05) is 64.9 Å². The lowest BCUT2D eigenvalue weighted by molar-refractivity contribution is 0.218. The molecule has 6 rings (SSSR count). The molecule has 0 aliphatic carbocycles. The van der Waals surface area contributed by atoms with Crippen LogP contribution in [0.15, 0.2) is 108 Å². The highest BCUT2D eigenvalue weighted by atomic mass is 32.1. The molecule has 1 unspecified atom stereocenters. The highest BCUT2D eigenvalue weighted by Crippen LogP contribution is 2.43. The molecule has 3 nitrogen and oxygen atoms in total. The number of benzene rings is 4.